The highest BCUT2D eigenvalue weighted by Crippen LogP contribution is 2.27. The van der Waals surface area contributed by atoms with Gasteiger partial charge in [-0.1, -0.05) is 30.3 Å². The summed E-state index contributed by atoms with van der Waals surface area (Å²) in [6.07, 6.45) is 4.64. The smallest absolute Gasteiger partial charge is 0.225 e. The molecule has 4 aromatic rings. The van der Waals surface area contributed by atoms with E-state index in [1.54, 1.807) is 24.4 Å². The van der Waals surface area contributed by atoms with E-state index in [2.05, 4.69) is 21.4 Å². The summed E-state index contributed by atoms with van der Waals surface area (Å²) in [6.45, 7) is 2.00. The standard InChI is InChI=1S/C22H20FN3OS/c1-14(10-15-12-24-20-9-5-3-6-17(15)20)26-21(27)11-16-13-25-22(28-16)18-7-2-4-8-19(18)23/h2-9,12-14,24H,10-11H2,1H3,(H,26,27)/t14-/m1/s1. The van der Waals surface area contributed by atoms with Crippen LogP contribution in [-0.2, 0) is 17.6 Å². The number of rotatable bonds is 6. The van der Waals surface area contributed by atoms with Crippen LogP contribution in [0.3, 0.4) is 0 Å². The maximum absolute atomic E-state index is 13.9. The minimum atomic E-state index is -0.305. The number of carbonyl (C=O) groups is 1. The summed E-state index contributed by atoms with van der Waals surface area (Å²) in [5.74, 6) is -0.365. The molecular weight excluding hydrogens is 373 g/mol. The van der Waals surface area contributed by atoms with Crippen molar-refractivity contribution in [2.45, 2.75) is 25.8 Å². The Morgan fingerprint density at radius 1 is 1.21 bits per heavy atom. The Morgan fingerprint density at radius 2 is 2.00 bits per heavy atom. The fourth-order valence-electron chi connectivity index (χ4n) is 3.31. The van der Waals surface area contributed by atoms with Gasteiger partial charge in [0.05, 0.1) is 6.42 Å². The molecule has 0 unspecified atom stereocenters. The number of hydrogen-bond acceptors (Lipinski definition) is 3. The molecule has 0 saturated carbocycles. The zero-order valence-corrected chi connectivity index (χ0v) is 16.2. The van der Waals surface area contributed by atoms with E-state index in [0.717, 1.165) is 16.8 Å². The molecule has 2 aromatic carbocycles. The minimum absolute atomic E-state index is 0.00525. The van der Waals surface area contributed by atoms with Gasteiger partial charge in [0, 0.05) is 39.8 Å². The van der Waals surface area contributed by atoms with Gasteiger partial charge >= 0.3 is 0 Å². The number of benzene rings is 2. The van der Waals surface area contributed by atoms with E-state index >= 15 is 0 Å². The number of nitrogens with zero attached hydrogens (tertiary/aromatic N) is 1. The van der Waals surface area contributed by atoms with E-state index in [0.29, 0.717) is 10.6 Å². The first kappa shape index (κ1) is 18.4. The number of amides is 1. The fraction of sp³-hybridized carbons (Fsp3) is 0.182. The van der Waals surface area contributed by atoms with Gasteiger partial charge in [0.2, 0.25) is 5.91 Å². The SMILES string of the molecule is C[C@H](Cc1c[nH]c2ccccc12)NC(=O)Cc1cnc(-c2ccccc2F)s1. The highest BCUT2D eigenvalue weighted by atomic mass is 32.1. The van der Waals surface area contributed by atoms with Crippen molar-refractivity contribution in [3.63, 3.8) is 0 Å². The Hall–Kier alpha value is -2.99. The molecule has 1 amide bonds. The number of fused-ring (bicyclic) bond motifs is 1. The molecule has 142 valence electrons. The molecule has 4 nitrogen and oxygen atoms in total. The molecule has 6 heteroatoms. The summed E-state index contributed by atoms with van der Waals surface area (Å²) in [5, 5.41) is 4.82. The predicted octanol–water partition coefficient (Wildman–Crippen LogP) is 4.72. The fourth-order valence-corrected chi connectivity index (χ4v) is 4.25. The lowest BCUT2D eigenvalue weighted by atomic mass is 10.1. The van der Waals surface area contributed by atoms with Crippen LogP contribution < -0.4 is 5.32 Å². The molecule has 0 aliphatic rings. The van der Waals surface area contributed by atoms with E-state index < -0.39 is 0 Å². The second-order valence-electron chi connectivity index (χ2n) is 6.82. The maximum Gasteiger partial charge on any atom is 0.225 e. The first-order valence-corrected chi connectivity index (χ1v) is 9.96. The number of aromatic amines is 1. The van der Waals surface area contributed by atoms with Crippen molar-refractivity contribution >= 4 is 28.1 Å². The molecule has 0 saturated heterocycles. The van der Waals surface area contributed by atoms with Crippen molar-refractivity contribution < 1.29 is 9.18 Å². The van der Waals surface area contributed by atoms with Gasteiger partial charge in [0.25, 0.3) is 0 Å². The Bertz CT molecular complexity index is 1120. The largest absolute Gasteiger partial charge is 0.361 e. The third-order valence-corrected chi connectivity index (χ3v) is 5.63. The molecule has 1 atom stereocenters. The zero-order valence-electron chi connectivity index (χ0n) is 15.4. The minimum Gasteiger partial charge on any atom is -0.361 e. The van der Waals surface area contributed by atoms with Crippen molar-refractivity contribution in [1.29, 1.82) is 0 Å². The first-order chi connectivity index (χ1) is 13.6. The number of nitrogens with one attached hydrogen (secondary N) is 2. The Labute approximate surface area is 166 Å². The third-order valence-electron chi connectivity index (χ3n) is 4.60. The maximum atomic E-state index is 13.9. The van der Waals surface area contributed by atoms with Gasteiger partial charge in [-0.15, -0.1) is 11.3 Å². The highest BCUT2D eigenvalue weighted by Gasteiger charge is 2.14. The van der Waals surface area contributed by atoms with E-state index in [4.69, 9.17) is 0 Å². The Morgan fingerprint density at radius 3 is 2.86 bits per heavy atom. The normalized spacial score (nSPS) is 12.2. The number of para-hydroxylation sites is 1. The predicted molar refractivity (Wildman–Crippen MR) is 111 cm³/mol. The summed E-state index contributed by atoms with van der Waals surface area (Å²) in [7, 11) is 0. The van der Waals surface area contributed by atoms with Crippen molar-refractivity contribution in [1.82, 2.24) is 15.3 Å². The van der Waals surface area contributed by atoms with Crippen molar-refractivity contribution in [3.05, 3.63) is 77.2 Å². The Kier molecular flexibility index (Phi) is 5.21. The van der Waals surface area contributed by atoms with Gasteiger partial charge in [0.15, 0.2) is 0 Å². The van der Waals surface area contributed by atoms with Crippen molar-refractivity contribution in [3.8, 4) is 10.6 Å². The molecule has 0 aliphatic heterocycles. The molecule has 4 rings (SSSR count). The molecular formula is C22H20FN3OS. The van der Waals surface area contributed by atoms with Crippen LogP contribution in [0.15, 0.2) is 60.9 Å². The molecule has 0 fully saturated rings. The lowest BCUT2D eigenvalue weighted by Crippen LogP contribution is -2.34. The molecule has 0 bridgehead atoms. The van der Waals surface area contributed by atoms with Crippen LogP contribution in [0.1, 0.15) is 17.4 Å². The summed E-state index contributed by atoms with van der Waals surface area (Å²) in [5.41, 5.74) is 2.75. The van der Waals surface area contributed by atoms with Crippen LogP contribution in [0.5, 0.6) is 0 Å². The third kappa shape index (κ3) is 3.97. The summed E-state index contributed by atoms with van der Waals surface area (Å²) in [4.78, 5) is 20.8. The van der Waals surface area contributed by atoms with Crippen LogP contribution in [0.4, 0.5) is 4.39 Å². The van der Waals surface area contributed by atoms with Gasteiger partial charge in [-0.2, -0.15) is 0 Å². The van der Waals surface area contributed by atoms with Gasteiger partial charge < -0.3 is 10.3 Å². The molecule has 2 heterocycles. The van der Waals surface area contributed by atoms with Gasteiger partial charge in [0.1, 0.15) is 10.8 Å². The lowest BCUT2D eigenvalue weighted by Gasteiger charge is -2.13. The lowest BCUT2D eigenvalue weighted by molar-refractivity contribution is -0.120. The van der Waals surface area contributed by atoms with Crippen LogP contribution in [0, 0.1) is 5.82 Å². The molecule has 0 aliphatic carbocycles. The monoisotopic (exact) mass is 393 g/mol. The van der Waals surface area contributed by atoms with Crippen molar-refractivity contribution in [2.75, 3.05) is 0 Å². The van der Waals surface area contributed by atoms with E-state index in [1.807, 2.05) is 31.3 Å². The number of halogens is 1. The second-order valence-corrected chi connectivity index (χ2v) is 7.94. The van der Waals surface area contributed by atoms with Gasteiger partial charge in [-0.05, 0) is 37.1 Å². The quantitative estimate of drug-likeness (QED) is 0.498. The first-order valence-electron chi connectivity index (χ1n) is 9.14. The second kappa shape index (κ2) is 7.94. The zero-order chi connectivity index (χ0) is 19.5. The number of H-pyrrole nitrogens is 1. The topological polar surface area (TPSA) is 57.8 Å². The number of carbonyl (C=O) groups excluding carboxylic acids is 1. The van der Waals surface area contributed by atoms with E-state index in [-0.39, 0.29) is 24.2 Å². The van der Waals surface area contributed by atoms with Gasteiger partial charge in [-0.3, -0.25) is 4.79 Å². The van der Waals surface area contributed by atoms with Gasteiger partial charge in [-0.25, -0.2) is 9.37 Å². The van der Waals surface area contributed by atoms with Crippen molar-refractivity contribution in [2.24, 2.45) is 0 Å². The van der Waals surface area contributed by atoms with Crippen LogP contribution in [-0.4, -0.2) is 21.9 Å². The number of thiazole rings is 1. The van der Waals surface area contributed by atoms with E-state index in [9.17, 15) is 9.18 Å². The van der Waals surface area contributed by atoms with Crippen LogP contribution in [0.2, 0.25) is 0 Å². The molecule has 0 spiro atoms. The summed E-state index contributed by atoms with van der Waals surface area (Å²) in [6, 6.07) is 14.7. The van der Waals surface area contributed by atoms with Crippen LogP contribution in [0.25, 0.3) is 21.5 Å². The number of hydrogen-bond donors (Lipinski definition) is 2. The summed E-state index contributed by atoms with van der Waals surface area (Å²) >= 11 is 1.35. The summed E-state index contributed by atoms with van der Waals surface area (Å²) < 4.78 is 13.9. The number of aromatic nitrogens is 2. The van der Waals surface area contributed by atoms with Crippen LogP contribution >= 0.6 is 11.3 Å². The highest BCUT2D eigenvalue weighted by molar-refractivity contribution is 7.15. The average Bonchev–Trinajstić information content (AvgIpc) is 3.29. The van der Waals surface area contributed by atoms with E-state index in [1.165, 1.54) is 28.4 Å². The molecule has 2 aromatic heterocycles. The Balaban J connectivity index is 1.37. The molecule has 2 N–H and O–H groups in total. The average molecular weight is 393 g/mol. The molecule has 28 heavy (non-hydrogen) atoms. The molecule has 0 radical (unpaired) electrons.